The van der Waals surface area contributed by atoms with Gasteiger partial charge in [-0.1, -0.05) is 5.21 Å². The molecule has 2 heterocycles. The minimum Gasteiger partial charge on any atom is -0.497 e. The molecule has 1 aliphatic rings. The van der Waals surface area contributed by atoms with Crippen LogP contribution in [0.4, 0.5) is 0 Å². The minimum absolute atomic E-state index is 0.0252. The summed E-state index contributed by atoms with van der Waals surface area (Å²) in [5.74, 6) is 0.817. The minimum atomic E-state index is -0.255. The molecule has 24 heavy (non-hydrogen) atoms. The van der Waals surface area contributed by atoms with Crippen LogP contribution in [0.25, 0.3) is 11.3 Å². The summed E-state index contributed by atoms with van der Waals surface area (Å²) in [6, 6.07) is 7.67. The van der Waals surface area contributed by atoms with Crippen LogP contribution in [0, 0.1) is 0 Å². The zero-order valence-electron chi connectivity index (χ0n) is 13.8. The molecule has 7 heteroatoms. The summed E-state index contributed by atoms with van der Waals surface area (Å²) in [5.41, 5.74) is 7.76. The molecule has 0 bridgehead atoms. The van der Waals surface area contributed by atoms with Crippen molar-refractivity contribution in [2.75, 3.05) is 13.7 Å². The van der Waals surface area contributed by atoms with Gasteiger partial charge < -0.3 is 20.3 Å². The van der Waals surface area contributed by atoms with Crippen molar-refractivity contribution in [2.45, 2.75) is 44.1 Å². The topological polar surface area (TPSA) is 95.4 Å². The summed E-state index contributed by atoms with van der Waals surface area (Å²) in [4.78, 5) is 0. The molecule has 1 aromatic heterocycles. The molecule has 7 nitrogen and oxygen atoms in total. The predicted molar refractivity (Wildman–Crippen MR) is 89.6 cm³/mol. The zero-order chi connectivity index (χ0) is 16.9. The van der Waals surface area contributed by atoms with Gasteiger partial charge >= 0.3 is 0 Å². The number of aliphatic hydroxyl groups is 1. The highest BCUT2D eigenvalue weighted by Gasteiger charge is 2.28. The molecular weight excluding hydrogens is 308 g/mol. The second-order valence-electron chi connectivity index (χ2n) is 6.10. The lowest BCUT2D eigenvalue weighted by atomic mass is 9.98. The molecule has 0 unspecified atom stereocenters. The van der Waals surface area contributed by atoms with E-state index < -0.39 is 0 Å². The fourth-order valence-corrected chi connectivity index (χ4v) is 2.95. The summed E-state index contributed by atoms with van der Waals surface area (Å²) in [7, 11) is 1.65. The second kappa shape index (κ2) is 7.74. The van der Waals surface area contributed by atoms with Gasteiger partial charge in [-0.05, 0) is 43.5 Å². The molecular formula is C17H24N4O3. The molecule has 1 aromatic carbocycles. The Morgan fingerprint density at radius 3 is 2.83 bits per heavy atom. The smallest absolute Gasteiger partial charge is 0.118 e. The van der Waals surface area contributed by atoms with E-state index in [0.29, 0.717) is 0 Å². The van der Waals surface area contributed by atoms with Gasteiger partial charge in [0.05, 0.1) is 32.1 Å². The Kier molecular flexibility index (Phi) is 5.44. The van der Waals surface area contributed by atoms with Crippen LogP contribution in [-0.2, 0) is 11.3 Å². The van der Waals surface area contributed by atoms with Gasteiger partial charge in [0.2, 0.25) is 0 Å². The number of methoxy groups -OCH3 is 1. The molecule has 0 spiro atoms. The fourth-order valence-electron chi connectivity index (χ4n) is 2.95. The molecule has 3 atom stereocenters. The number of benzene rings is 1. The molecule has 0 radical (unpaired) electrons. The number of hydrogen-bond donors (Lipinski definition) is 2. The quantitative estimate of drug-likeness (QED) is 0.825. The maximum Gasteiger partial charge on any atom is 0.118 e. The van der Waals surface area contributed by atoms with E-state index in [1.165, 1.54) is 0 Å². The number of nitrogens with two attached hydrogens (primary N) is 1. The van der Waals surface area contributed by atoms with Crippen molar-refractivity contribution in [1.29, 1.82) is 0 Å². The first-order valence-electron chi connectivity index (χ1n) is 8.26. The van der Waals surface area contributed by atoms with Gasteiger partial charge in [0.25, 0.3) is 0 Å². The van der Waals surface area contributed by atoms with Crippen LogP contribution >= 0.6 is 0 Å². The van der Waals surface area contributed by atoms with Gasteiger partial charge in [-0.25, -0.2) is 0 Å². The average molecular weight is 332 g/mol. The van der Waals surface area contributed by atoms with Crippen LogP contribution in [0.5, 0.6) is 5.75 Å². The summed E-state index contributed by atoms with van der Waals surface area (Å²) in [5, 5.41) is 17.7. The van der Waals surface area contributed by atoms with Crippen molar-refractivity contribution in [3.63, 3.8) is 0 Å². The van der Waals surface area contributed by atoms with E-state index >= 15 is 0 Å². The standard InChI is InChI=1S/C17H24N4O3/c1-23-13-4-2-12(3-5-13)16-10-21(20-19-16)9-8-14-6-7-15(18)17(11-22)24-14/h2-5,10,14-15,17,22H,6-9,11,18H2,1H3/t14-,15-,17+/m1/s1. The third-order valence-electron chi connectivity index (χ3n) is 4.45. The van der Waals surface area contributed by atoms with Crippen LogP contribution in [0.1, 0.15) is 19.3 Å². The van der Waals surface area contributed by atoms with Crippen LogP contribution in [0.15, 0.2) is 30.5 Å². The van der Waals surface area contributed by atoms with Gasteiger partial charge in [0.15, 0.2) is 0 Å². The van der Waals surface area contributed by atoms with E-state index in [0.717, 1.165) is 42.8 Å². The number of ether oxygens (including phenoxy) is 2. The van der Waals surface area contributed by atoms with E-state index in [4.69, 9.17) is 15.2 Å². The number of rotatable bonds is 6. The molecule has 0 aliphatic carbocycles. The van der Waals surface area contributed by atoms with Crippen molar-refractivity contribution in [2.24, 2.45) is 5.73 Å². The first-order chi connectivity index (χ1) is 11.7. The first-order valence-corrected chi connectivity index (χ1v) is 8.26. The summed E-state index contributed by atoms with van der Waals surface area (Å²) >= 11 is 0. The maximum atomic E-state index is 9.29. The number of aliphatic hydroxyl groups excluding tert-OH is 1. The molecule has 130 valence electrons. The van der Waals surface area contributed by atoms with Crippen molar-refractivity contribution < 1.29 is 14.6 Å². The van der Waals surface area contributed by atoms with E-state index in [1.54, 1.807) is 7.11 Å². The lowest BCUT2D eigenvalue weighted by Gasteiger charge is -2.33. The molecule has 0 saturated carbocycles. The summed E-state index contributed by atoms with van der Waals surface area (Å²) in [6.45, 7) is 0.698. The van der Waals surface area contributed by atoms with Crippen LogP contribution in [0.3, 0.4) is 0 Å². The number of nitrogens with zero attached hydrogens (tertiary/aromatic N) is 3. The second-order valence-corrected chi connectivity index (χ2v) is 6.10. The zero-order valence-corrected chi connectivity index (χ0v) is 13.8. The average Bonchev–Trinajstić information content (AvgIpc) is 3.10. The van der Waals surface area contributed by atoms with Gasteiger partial charge in [0, 0.05) is 18.2 Å². The van der Waals surface area contributed by atoms with Crippen LogP contribution in [-0.4, -0.2) is 52.1 Å². The highest BCUT2D eigenvalue weighted by atomic mass is 16.5. The molecule has 1 fully saturated rings. The Labute approximate surface area is 141 Å². The largest absolute Gasteiger partial charge is 0.497 e. The lowest BCUT2D eigenvalue weighted by Crippen LogP contribution is -2.46. The Morgan fingerprint density at radius 2 is 2.12 bits per heavy atom. The third-order valence-corrected chi connectivity index (χ3v) is 4.45. The monoisotopic (exact) mass is 332 g/mol. The first kappa shape index (κ1) is 16.9. The van der Waals surface area contributed by atoms with Crippen LogP contribution in [0.2, 0.25) is 0 Å². The summed E-state index contributed by atoms with van der Waals surface area (Å²) in [6.07, 6.45) is 4.40. The van der Waals surface area contributed by atoms with Gasteiger partial charge in [-0.3, -0.25) is 4.68 Å². The van der Waals surface area contributed by atoms with Crippen molar-refractivity contribution in [3.05, 3.63) is 30.5 Å². The van der Waals surface area contributed by atoms with Gasteiger partial charge in [-0.15, -0.1) is 5.10 Å². The number of aryl methyl sites for hydroxylation is 1. The summed E-state index contributed by atoms with van der Waals surface area (Å²) < 4.78 is 12.8. The van der Waals surface area contributed by atoms with E-state index in [1.807, 2.05) is 35.1 Å². The predicted octanol–water partition coefficient (Wildman–Crippen LogP) is 1.21. The molecule has 1 saturated heterocycles. The number of aromatic nitrogens is 3. The van der Waals surface area contributed by atoms with E-state index in [-0.39, 0.29) is 24.9 Å². The normalized spacial score (nSPS) is 24.0. The van der Waals surface area contributed by atoms with Crippen molar-refractivity contribution in [1.82, 2.24) is 15.0 Å². The highest BCUT2D eigenvalue weighted by Crippen LogP contribution is 2.22. The van der Waals surface area contributed by atoms with Crippen LogP contribution < -0.4 is 10.5 Å². The SMILES string of the molecule is COc1ccc(-c2cn(CC[C@H]3CC[C@@H](N)[C@H](CO)O3)nn2)cc1. The van der Waals surface area contributed by atoms with E-state index in [2.05, 4.69) is 10.3 Å². The third kappa shape index (κ3) is 3.92. The van der Waals surface area contributed by atoms with Crippen molar-refractivity contribution >= 4 is 0 Å². The molecule has 3 rings (SSSR count). The Balaban J connectivity index is 1.56. The Morgan fingerprint density at radius 1 is 1.33 bits per heavy atom. The number of hydrogen-bond acceptors (Lipinski definition) is 6. The molecule has 0 amide bonds. The fraction of sp³-hybridized carbons (Fsp3) is 0.529. The Hall–Kier alpha value is -1.96. The molecule has 3 N–H and O–H groups in total. The van der Waals surface area contributed by atoms with Gasteiger partial charge in [0.1, 0.15) is 11.4 Å². The lowest BCUT2D eigenvalue weighted by molar-refractivity contribution is -0.0861. The molecule has 1 aliphatic heterocycles. The maximum absolute atomic E-state index is 9.29. The van der Waals surface area contributed by atoms with Crippen molar-refractivity contribution in [3.8, 4) is 17.0 Å². The highest BCUT2D eigenvalue weighted by molar-refractivity contribution is 5.58. The molecule has 2 aromatic rings. The van der Waals surface area contributed by atoms with E-state index in [9.17, 15) is 5.11 Å². The Bertz CT molecular complexity index is 644. The van der Waals surface area contributed by atoms with Gasteiger partial charge in [-0.2, -0.15) is 0 Å².